The number of anilines is 1. The second-order valence-corrected chi connectivity index (χ2v) is 5.59. The number of benzene rings is 1. The first-order valence-corrected chi connectivity index (χ1v) is 7.18. The van der Waals surface area contributed by atoms with Crippen LogP contribution in [0.5, 0.6) is 5.75 Å². The Balaban J connectivity index is 1.50. The Bertz CT molecular complexity index is 512. The number of aliphatic hydroxyl groups is 1. The molecule has 0 aromatic heterocycles. The van der Waals surface area contributed by atoms with E-state index in [4.69, 9.17) is 4.74 Å². The van der Waals surface area contributed by atoms with Crippen molar-refractivity contribution in [3.63, 3.8) is 0 Å². The third-order valence-electron chi connectivity index (χ3n) is 4.15. The van der Waals surface area contributed by atoms with E-state index in [9.17, 15) is 9.90 Å². The zero-order chi connectivity index (χ0) is 14.0. The largest absolute Gasteiger partial charge is 0.493 e. The Hall–Kier alpha value is -1.75. The van der Waals surface area contributed by atoms with Crippen molar-refractivity contribution in [2.75, 3.05) is 18.5 Å². The molecule has 0 spiro atoms. The monoisotopic (exact) mass is 276 g/mol. The fourth-order valence-electron chi connectivity index (χ4n) is 2.75. The molecule has 1 aromatic rings. The van der Waals surface area contributed by atoms with Crippen molar-refractivity contribution in [2.24, 2.45) is 0 Å². The molecule has 3 N–H and O–H groups in total. The van der Waals surface area contributed by atoms with Crippen molar-refractivity contribution in [1.82, 2.24) is 5.32 Å². The number of ether oxygens (including phenoxy) is 1. The van der Waals surface area contributed by atoms with Gasteiger partial charge in [-0.2, -0.15) is 0 Å². The predicted octanol–water partition coefficient (Wildman–Crippen LogP) is 2.05. The Morgan fingerprint density at radius 3 is 3.00 bits per heavy atom. The number of amides is 2. The van der Waals surface area contributed by atoms with Crippen LogP contribution in [0.4, 0.5) is 10.5 Å². The minimum absolute atomic E-state index is 0.228. The molecule has 0 unspecified atom stereocenters. The first-order valence-electron chi connectivity index (χ1n) is 7.18. The molecule has 3 rings (SSSR count). The van der Waals surface area contributed by atoms with Crippen molar-refractivity contribution in [3.8, 4) is 5.75 Å². The lowest BCUT2D eigenvalue weighted by Gasteiger charge is -2.36. The van der Waals surface area contributed by atoms with E-state index in [2.05, 4.69) is 10.6 Å². The number of hydrogen-bond donors (Lipinski definition) is 3. The van der Waals surface area contributed by atoms with Crippen molar-refractivity contribution in [2.45, 2.75) is 37.7 Å². The van der Waals surface area contributed by atoms with Gasteiger partial charge in [0.2, 0.25) is 0 Å². The van der Waals surface area contributed by atoms with E-state index in [1.165, 1.54) is 0 Å². The highest BCUT2D eigenvalue weighted by Gasteiger charge is 2.33. The van der Waals surface area contributed by atoms with Gasteiger partial charge in [0, 0.05) is 24.2 Å². The molecule has 2 amide bonds. The number of nitrogens with one attached hydrogen (secondary N) is 2. The summed E-state index contributed by atoms with van der Waals surface area (Å²) in [7, 11) is 0. The quantitative estimate of drug-likeness (QED) is 0.788. The Morgan fingerprint density at radius 1 is 1.40 bits per heavy atom. The Kier molecular flexibility index (Phi) is 3.53. The summed E-state index contributed by atoms with van der Waals surface area (Å²) < 4.78 is 5.46. The molecule has 1 aliphatic carbocycles. The first-order chi connectivity index (χ1) is 9.66. The van der Waals surface area contributed by atoms with Gasteiger partial charge in [-0.1, -0.05) is 6.07 Å². The normalized spacial score (nSPS) is 18.6. The van der Waals surface area contributed by atoms with E-state index < -0.39 is 5.60 Å². The van der Waals surface area contributed by atoms with Crippen molar-refractivity contribution < 1.29 is 14.6 Å². The van der Waals surface area contributed by atoms with Crippen LogP contribution in [0, 0.1) is 0 Å². The minimum Gasteiger partial charge on any atom is -0.493 e. The molecule has 2 aliphatic rings. The highest BCUT2D eigenvalue weighted by Crippen LogP contribution is 2.34. The number of hydrogen-bond acceptors (Lipinski definition) is 3. The average molecular weight is 276 g/mol. The minimum atomic E-state index is -0.547. The number of urea groups is 1. The maximum atomic E-state index is 11.9. The van der Waals surface area contributed by atoms with Crippen molar-refractivity contribution >= 4 is 11.7 Å². The molecule has 1 saturated carbocycles. The third kappa shape index (κ3) is 2.72. The second kappa shape index (κ2) is 5.32. The molecule has 1 aliphatic heterocycles. The number of rotatable bonds is 4. The van der Waals surface area contributed by atoms with Gasteiger partial charge in [0.1, 0.15) is 5.75 Å². The zero-order valence-corrected chi connectivity index (χ0v) is 11.4. The molecule has 0 radical (unpaired) electrons. The van der Waals surface area contributed by atoms with Gasteiger partial charge in [0.15, 0.2) is 0 Å². The molecule has 5 nitrogen and oxygen atoms in total. The van der Waals surface area contributed by atoms with Crippen LogP contribution in [0.1, 0.15) is 31.2 Å². The highest BCUT2D eigenvalue weighted by atomic mass is 16.5. The van der Waals surface area contributed by atoms with Crippen LogP contribution in [0.3, 0.4) is 0 Å². The molecule has 0 saturated heterocycles. The molecule has 0 atom stereocenters. The summed E-state index contributed by atoms with van der Waals surface area (Å²) in [6.45, 7) is 1.16. The van der Waals surface area contributed by atoms with E-state index in [0.29, 0.717) is 19.6 Å². The molecule has 1 aromatic carbocycles. The van der Waals surface area contributed by atoms with Gasteiger partial charge in [-0.05, 0) is 37.8 Å². The van der Waals surface area contributed by atoms with Crippen molar-refractivity contribution in [3.05, 3.63) is 23.8 Å². The molecule has 20 heavy (non-hydrogen) atoms. The smallest absolute Gasteiger partial charge is 0.319 e. The molecule has 0 bridgehead atoms. The fraction of sp³-hybridized carbons (Fsp3) is 0.533. The van der Waals surface area contributed by atoms with Crippen molar-refractivity contribution in [1.29, 1.82) is 0 Å². The van der Waals surface area contributed by atoms with E-state index in [1.54, 1.807) is 0 Å². The van der Waals surface area contributed by atoms with Gasteiger partial charge >= 0.3 is 6.03 Å². The molecule has 108 valence electrons. The second-order valence-electron chi connectivity index (χ2n) is 5.59. The van der Waals surface area contributed by atoms with Gasteiger partial charge in [-0.15, -0.1) is 0 Å². The van der Waals surface area contributed by atoms with Crippen LogP contribution in [0.2, 0.25) is 0 Å². The first kappa shape index (κ1) is 13.2. The number of carbonyl (C=O) groups excluding carboxylic acids is 1. The highest BCUT2D eigenvalue weighted by molar-refractivity contribution is 5.90. The van der Waals surface area contributed by atoms with Crippen LogP contribution in [0.25, 0.3) is 0 Å². The lowest BCUT2D eigenvalue weighted by molar-refractivity contribution is -0.0388. The van der Waals surface area contributed by atoms with Crippen LogP contribution in [0.15, 0.2) is 18.2 Å². The topological polar surface area (TPSA) is 70.6 Å². The lowest BCUT2D eigenvalue weighted by atomic mass is 9.78. The van der Waals surface area contributed by atoms with Gasteiger partial charge in [-0.3, -0.25) is 0 Å². The van der Waals surface area contributed by atoms with Crippen LogP contribution < -0.4 is 15.4 Å². The standard InChI is InChI=1S/C15H20N2O3/c18-14(16-9-8-15(19)6-2-7-15)17-12-3-1-4-13-11(12)5-10-20-13/h1,3-4,19H,2,5-10H2,(H2,16,17,18). The van der Waals surface area contributed by atoms with Crippen LogP contribution in [-0.4, -0.2) is 29.9 Å². The Labute approximate surface area is 118 Å². The van der Waals surface area contributed by atoms with E-state index in [1.807, 2.05) is 18.2 Å². The van der Waals surface area contributed by atoms with Crippen LogP contribution >= 0.6 is 0 Å². The van der Waals surface area contributed by atoms with Gasteiger partial charge < -0.3 is 20.5 Å². The van der Waals surface area contributed by atoms with E-state index >= 15 is 0 Å². The molecule has 1 heterocycles. The van der Waals surface area contributed by atoms with Gasteiger partial charge in [-0.25, -0.2) is 4.79 Å². The summed E-state index contributed by atoms with van der Waals surface area (Å²) in [6, 6.07) is 5.44. The van der Waals surface area contributed by atoms with E-state index in [-0.39, 0.29) is 6.03 Å². The van der Waals surface area contributed by atoms with Gasteiger partial charge in [0.05, 0.1) is 12.2 Å². The summed E-state index contributed by atoms with van der Waals surface area (Å²) in [5.41, 5.74) is 1.31. The fourth-order valence-corrected chi connectivity index (χ4v) is 2.75. The molecule has 5 heteroatoms. The summed E-state index contributed by atoms with van der Waals surface area (Å²) >= 11 is 0. The SMILES string of the molecule is O=C(NCCC1(O)CCC1)Nc1cccc2c1CCO2. The number of fused-ring (bicyclic) bond motifs is 1. The summed E-state index contributed by atoms with van der Waals surface area (Å²) in [6.07, 6.45) is 4.22. The average Bonchev–Trinajstić information content (AvgIpc) is 2.86. The number of carbonyl (C=O) groups is 1. The predicted molar refractivity (Wildman–Crippen MR) is 76.1 cm³/mol. The van der Waals surface area contributed by atoms with Crippen LogP contribution in [-0.2, 0) is 6.42 Å². The van der Waals surface area contributed by atoms with E-state index in [0.717, 1.165) is 42.7 Å². The maximum Gasteiger partial charge on any atom is 0.319 e. The zero-order valence-electron chi connectivity index (χ0n) is 11.4. The Morgan fingerprint density at radius 2 is 2.25 bits per heavy atom. The molecular weight excluding hydrogens is 256 g/mol. The summed E-state index contributed by atoms with van der Waals surface area (Å²) in [5.74, 6) is 0.853. The molecule has 1 fully saturated rings. The maximum absolute atomic E-state index is 11.9. The molecular formula is C15H20N2O3. The summed E-state index contributed by atoms with van der Waals surface area (Å²) in [5, 5.41) is 15.6. The van der Waals surface area contributed by atoms with Gasteiger partial charge in [0.25, 0.3) is 0 Å². The third-order valence-corrected chi connectivity index (χ3v) is 4.15. The lowest BCUT2D eigenvalue weighted by Crippen LogP contribution is -2.41. The summed E-state index contributed by atoms with van der Waals surface area (Å²) in [4.78, 5) is 11.9.